The molecule has 0 saturated carbocycles. The maximum Gasteiger partial charge on any atom is 0.220 e. The van der Waals surface area contributed by atoms with Crippen molar-refractivity contribution in [2.24, 2.45) is 0 Å². The molecule has 17 atom stereocenters. The van der Waals surface area contributed by atoms with Crippen LogP contribution in [0.5, 0.6) is 0 Å². The van der Waals surface area contributed by atoms with Gasteiger partial charge in [-0.25, -0.2) is 0 Å². The van der Waals surface area contributed by atoms with E-state index in [4.69, 9.17) is 28.4 Å². The van der Waals surface area contributed by atoms with Crippen LogP contribution in [0.1, 0.15) is 239 Å². The second kappa shape index (κ2) is 60.2. The Labute approximate surface area is 600 Å². The lowest BCUT2D eigenvalue weighted by Crippen LogP contribution is -2.66. The third-order valence-electron chi connectivity index (χ3n) is 18.2. The number of carbonyl (C=O) groups excluding carboxylic acids is 1. The fraction of sp³-hybridized carbons (Fsp3) is 0.716. The summed E-state index contributed by atoms with van der Waals surface area (Å²) in [5.41, 5.74) is 0. The van der Waals surface area contributed by atoms with Gasteiger partial charge in [-0.2, -0.15) is 0 Å². The smallest absolute Gasteiger partial charge is 0.220 e. The topological polar surface area (TPSA) is 307 Å². The van der Waals surface area contributed by atoms with Crippen LogP contribution in [0.15, 0.2) is 134 Å². The van der Waals surface area contributed by atoms with Crippen LogP contribution < -0.4 is 5.32 Å². The van der Waals surface area contributed by atoms with Gasteiger partial charge >= 0.3 is 0 Å². The van der Waals surface area contributed by atoms with Gasteiger partial charge in [0.25, 0.3) is 0 Å². The van der Waals surface area contributed by atoms with Crippen LogP contribution in [0.4, 0.5) is 0 Å². The van der Waals surface area contributed by atoms with Crippen molar-refractivity contribution in [2.45, 2.75) is 343 Å². The molecule has 0 aromatic carbocycles. The molecule has 0 aromatic heterocycles. The highest BCUT2D eigenvalue weighted by Crippen LogP contribution is 2.33. The molecule has 0 bridgehead atoms. The predicted octanol–water partition coefficient (Wildman–Crippen LogP) is 12.1. The second-order valence-corrected chi connectivity index (χ2v) is 26.7. The van der Waals surface area contributed by atoms with Gasteiger partial charge in [0.15, 0.2) is 18.9 Å². The van der Waals surface area contributed by atoms with Crippen LogP contribution in [0, 0.1) is 0 Å². The van der Waals surface area contributed by atoms with Crippen LogP contribution in [-0.2, 0) is 33.2 Å². The zero-order valence-electron chi connectivity index (χ0n) is 60.9. The molecule has 100 heavy (non-hydrogen) atoms. The third-order valence-corrected chi connectivity index (χ3v) is 18.2. The normalized spacial score (nSPS) is 27.2. The van der Waals surface area contributed by atoms with E-state index in [9.17, 15) is 61.0 Å². The molecule has 12 N–H and O–H groups in total. The van der Waals surface area contributed by atoms with Gasteiger partial charge in [0.05, 0.1) is 38.6 Å². The van der Waals surface area contributed by atoms with Gasteiger partial charge in [-0.1, -0.05) is 270 Å². The van der Waals surface area contributed by atoms with E-state index in [0.717, 1.165) is 122 Å². The average Bonchev–Trinajstić information content (AvgIpc) is 0.783. The van der Waals surface area contributed by atoms with Gasteiger partial charge < -0.3 is 89.9 Å². The van der Waals surface area contributed by atoms with Crippen molar-refractivity contribution in [3.8, 4) is 0 Å². The molecule has 0 aromatic rings. The number of carbonyl (C=O) groups is 1. The highest BCUT2D eigenvalue weighted by Gasteiger charge is 2.53. The Kier molecular flexibility index (Phi) is 54.3. The molecule has 3 saturated heterocycles. The lowest BCUT2D eigenvalue weighted by Gasteiger charge is -2.48. The lowest BCUT2D eigenvalue weighted by atomic mass is 9.96. The summed E-state index contributed by atoms with van der Waals surface area (Å²) in [5, 5.41) is 121. The Hall–Kier alpha value is -4.07. The largest absolute Gasteiger partial charge is 0.394 e. The zero-order chi connectivity index (χ0) is 72.5. The number of nitrogens with one attached hydrogen (secondary N) is 1. The third kappa shape index (κ3) is 40.3. The molecule has 0 spiro atoms. The summed E-state index contributed by atoms with van der Waals surface area (Å²) >= 11 is 0. The number of aliphatic hydroxyl groups excluding tert-OH is 11. The Balaban J connectivity index is 1.33. The molecule has 1 amide bonds. The highest BCUT2D eigenvalue weighted by atomic mass is 16.8. The van der Waals surface area contributed by atoms with Gasteiger partial charge in [0, 0.05) is 6.42 Å². The van der Waals surface area contributed by atoms with Crippen molar-refractivity contribution < 1.29 is 89.4 Å². The number of aliphatic hydroxyl groups is 11. The first kappa shape index (κ1) is 90.1. The Morgan fingerprint density at radius 3 is 1.08 bits per heavy atom. The summed E-state index contributed by atoms with van der Waals surface area (Å²) in [4.78, 5) is 13.4. The molecule has 3 rings (SSSR count). The Morgan fingerprint density at radius 1 is 0.370 bits per heavy atom. The number of unbranched alkanes of at least 4 members (excludes halogenated alkanes) is 22. The van der Waals surface area contributed by atoms with E-state index < -0.39 is 124 Å². The second-order valence-electron chi connectivity index (χ2n) is 26.7. The number of rotatable bonds is 58. The number of amides is 1. The van der Waals surface area contributed by atoms with Gasteiger partial charge in [0.1, 0.15) is 73.2 Å². The average molecular weight is 1410 g/mol. The van der Waals surface area contributed by atoms with E-state index >= 15 is 0 Å². The minimum absolute atomic E-state index is 0.230. The molecule has 19 nitrogen and oxygen atoms in total. The van der Waals surface area contributed by atoms with Crippen LogP contribution in [0.2, 0.25) is 0 Å². The van der Waals surface area contributed by atoms with Gasteiger partial charge in [-0.05, 0) is 96.3 Å². The molecule has 3 aliphatic heterocycles. The molecular weight excluding hydrogens is 1270 g/mol. The number of hydrogen-bond donors (Lipinski definition) is 12. The number of ether oxygens (including phenoxy) is 6. The van der Waals surface area contributed by atoms with Gasteiger partial charge in [0.2, 0.25) is 5.91 Å². The van der Waals surface area contributed by atoms with E-state index in [1.165, 1.54) is 89.9 Å². The fourth-order valence-corrected chi connectivity index (χ4v) is 12.0. The van der Waals surface area contributed by atoms with Crippen molar-refractivity contribution in [1.82, 2.24) is 5.32 Å². The maximum absolute atomic E-state index is 13.4. The molecule has 19 heteroatoms. The van der Waals surface area contributed by atoms with Gasteiger partial charge in [-0.3, -0.25) is 4.79 Å². The Morgan fingerprint density at radius 2 is 0.690 bits per heavy atom. The van der Waals surface area contributed by atoms with Crippen molar-refractivity contribution in [1.29, 1.82) is 0 Å². The maximum atomic E-state index is 13.4. The van der Waals surface area contributed by atoms with Crippen molar-refractivity contribution in [2.75, 3.05) is 26.4 Å². The molecule has 572 valence electrons. The summed E-state index contributed by atoms with van der Waals surface area (Å²) in [5.74, 6) is -0.286. The van der Waals surface area contributed by atoms with Crippen LogP contribution in [0.25, 0.3) is 0 Å². The van der Waals surface area contributed by atoms with Crippen LogP contribution in [-0.4, -0.2) is 193 Å². The molecule has 0 radical (unpaired) electrons. The number of allylic oxidation sites excluding steroid dienone is 21. The van der Waals surface area contributed by atoms with E-state index in [0.29, 0.717) is 6.42 Å². The molecule has 0 aliphatic carbocycles. The molecule has 3 heterocycles. The standard InChI is InChI=1S/C81H135NO18/c1-3-5-7-9-11-13-15-17-19-20-21-22-23-24-25-26-27-28-29-30-31-32-33-34-35-36-37-38-39-40-41-42-43-44-45-47-49-51-53-55-57-59-69(87)82-64(65(86)58-56-54-52-50-48-46-18-16-14-12-10-8-6-4-2)63-95-79-75(93)72(90)77(67(61-84)97-79)100-81-76(94)73(91)78(68(62-85)98-81)99-80-74(92)71(89)70(88)66(60-83)96-80/h5,7,11,13,17,19,21-22,24-25,27-28,30-31,33-34,36-37,39-40,56,58,64-68,70-81,83-86,88-94H,3-4,6,8-10,12,14-16,18,20,23,26,29,32,35,38,41-55,57,59-63H2,1-2H3,(H,82,87)/b7-5-,13-11-,19-17-,22-21-,25-24-,28-27-,31-30-,34-33-,37-36-,40-39-,58-56+. The zero-order valence-corrected chi connectivity index (χ0v) is 60.9. The summed E-state index contributed by atoms with van der Waals surface area (Å²) in [6.45, 7) is 1.60. The van der Waals surface area contributed by atoms with E-state index in [-0.39, 0.29) is 18.9 Å². The Bertz CT molecular complexity index is 2330. The van der Waals surface area contributed by atoms with Crippen molar-refractivity contribution in [3.05, 3.63) is 134 Å². The summed E-state index contributed by atoms with van der Waals surface area (Å²) in [7, 11) is 0. The fourth-order valence-electron chi connectivity index (χ4n) is 12.0. The quantitative estimate of drug-likeness (QED) is 0.0199. The summed E-state index contributed by atoms with van der Waals surface area (Å²) in [6.07, 6.45) is 58.6. The van der Waals surface area contributed by atoms with E-state index in [1.807, 2.05) is 6.08 Å². The van der Waals surface area contributed by atoms with Crippen LogP contribution in [0.3, 0.4) is 0 Å². The SMILES string of the molecule is CC/C=C\C/C=C\C/C=C\C/C=C\C/C=C\C/C=C\C/C=C\C/C=C\C/C=C\C/C=C\CCCCCCCCCCCCC(=O)NC(COC1OC(CO)C(OC2OC(CO)C(OC3OC(CO)C(O)C(O)C3O)C(O)C2O)C(O)C1O)C(O)/C=C/CCCCCCCCCCCCCC. The first-order valence-electron chi connectivity index (χ1n) is 38.4. The monoisotopic (exact) mass is 1410 g/mol. The summed E-state index contributed by atoms with van der Waals surface area (Å²) in [6, 6.07) is -0.984. The van der Waals surface area contributed by atoms with E-state index in [2.05, 4.69) is 141 Å². The predicted molar refractivity (Wildman–Crippen MR) is 396 cm³/mol. The highest BCUT2D eigenvalue weighted by molar-refractivity contribution is 5.76. The first-order valence-corrected chi connectivity index (χ1v) is 38.4. The summed E-state index contributed by atoms with van der Waals surface area (Å²) < 4.78 is 34.4. The molecule has 3 aliphatic rings. The molecule has 3 fully saturated rings. The van der Waals surface area contributed by atoms with Crippen molar-refractivity contribution in [3.63, 3.8) is 0 Å². The van der Waals surface area contributed by atoms with Gasteiger partial charge in [-0.15, -0.1) is 0 Å². The van der Waals surface area contributed by atoms with Crippen LogP contribution >= 0.6 is 0 Å². The molecular formula is C81H135NO18. The number of hydrogen-bond acceptors (Lipinski definition) is 18. The van der Waals surface area contributed by atoms with Crippen molar-refractivity contribution >= 4 is 5.91 Å². The first-order chi connectivity index (χ1) is 48.8. The minimum atomic E-state index is -1.98. The molecule has 17 unspecified atom stereocenters. The lowest BCUT2D eigenvalue weighted by molar-refractivity contribution is -0.379. The van der Waals surface area contributed by atoms with E-state index in [1.54, 1.807) is 6.08 Å². The minimum Gasteiger partial charge on any atom is -0.394 e.